The third kappa shape index (κ3) is 4.18. The number of benzene rings is 1. The fraction of sp³-hybridized carbons (Fsp3) is 0.524. The van der Waals surface area contributed by atoms with Crippen molar-refractivity contribution in [2.24, 2.45) is 0 Å². The van der Waals surface area contributed by atoms with Crippen LogP contribution in [0, 0.1) is 13.8 Å². The number of hydrogen-bond donors (Lipinski definition) is 2. The molecule has 1 aliphatic heterocycles. The molecule has 2 amide bonds. The largest absolute Gasteiger partial charge is 0.464 e. The molecule has 0 radical (unpaired) electrons. The van der Waals surface area contributed by atoms with E-state index in [4.69, 9.17) is 16.0 Å². The van der Waals surface area contributed by atoms with Gasteiger partial charge in [0.05, 0.1) is 12.7 Å². The molecule has 2 atom stereocenters. The summed E-state index contributed by atoms with van der Waals surface area (Å²) >= 11 is 6.37. The average Bonchev–Trinajstić information content (AvgIpc) is 3.22. The molecule has 0 aliphatic carbocycles. The Balaban J connectivity index is 1.59. The van der Waals surface area contributed by atoms with Gasteiger partial charge in [-0.25, -0.2) is 0 Å². The summed E-state index contributed by atoms with van der Waals surface area (Å²) in [6.07, 6.45) is 4.34. The van der Waals surface area contributed by atoms with Gasteiger partial charge < -0.3 is 15.1 Å². The molecule has 28 heavy (non-hydrogen) atoms. The van der Waals surface area contributed by atoms with Gasteiger partial charge >= 0.3 is 0 Å². The first kappa shape index (κ1) is 20.7. The zero-order valence-corrected chi connectivity index (χ0v) is 17.7. The summed E-state index contributed by atoms with van der Waals surface area (Å²) in [6.45, 7) is 4.47. The molecule has 1 aromatic carbocycles. The molecule has 1 aromatic heterocycles. The number of nitrogens with zero attached hydrogens (tertiary/aromatic N) is 1. The summed E-state index contributed by atoms with van der Waals surface area (Å²) in [7, 11) is 3.68. The van der Waals surface area contributed by atoms with Gasteiger partial charge in [-0.2, -0.15) is 0 Å². The second-order valence-corrected chi connectivity index (χ2v) is 8.05. The van der Waals surface area contributed by atoms with Gasteiger partial charge in [-0.3, -0.25) is 14.5 Å². The lowest BCUT2D eigenvalue weighted by Crippen LogP contribution is -2.42. The van der Waals surface area contributed by atoms with Crippen LogP contribution in [0.25, 0.3) is 11.0 Å². The number of likely N-dealkylation sites (N-methyl/N-ethyl adjacent to an activating group) is 1. The van der Waals surface area contributed by atoms with Gasteiger partial charge in [0.1, 0.15) is 5.58 Å². The molecule has 2 heterocycles. The van der Waals surface area contributed by atoms with Gasteiger partial charge in [-0.15, -0.1) is 0 Å². The quantitative estimate of drug-likeness (QED) is 0.774. The molecular formula is C21H28ClN3O3. The van der Waals surface area contributed by atoms with E-state index >= 15 is 0 Å². The average molecular weight is 406 g/mol. The lowest BCUT2D eigenvalue weighted by Gasteiger charge is -2.25. The standard InChI is InChI=1S/C21H28ClN3O3/c1-12-7-17-20(13(2)21(12)22)14(11-28-17)8-19(27)24-10-16-6-5-15(25(16)4)9-18(26)23-3/h7,11,15-16H,5-6,8-10H2,1-4H3,(H,23,26)(H,24,27)/t15-,16+/m1/s1. The number of carbonyl (C=O) groups excluding carboxylic acids is 2. The lowest BCUT2D eigenvalue weighted by atomic mass is 10.0. The topological polar surface area (TPSA) is 74.6 Å². The van der Waals surface area contributed by atoms with Crippen molar-refractivity contribution in [3.8, 4) is 0 Å². The molecule has 0 spiro atoms. The molecule has 0 saturated carbocycles. The van der Waals surface area contributed by atoms with Crippen molar-refractivity contribution in [3.05, 3.63) is 34.0 Å². The Morgan fingerprint density at radius 3 is 2.68 bits per heavy atom. The Labute approximate surface area is 170 Å². The van der Waals surface area contributed by atoms with Gasteiger partial charge in [-0.1, -0.05) is 11.6 Å². The minimum Gasteiger partial charge on any atom is -0.464 e. The van der Waals surface area contributed by atoms with Gasteiger partial charge in [0.25, 0.3) is 0 Å². The van der Waals surface area contributed by atoms with E-state index in [2.05, 4.69) is 15.5 Å². The highest BCUT2D eigenvalue weighted by atomic mass is 35.5. The molecule has 1 aliphatic rings. The summed E-state index contributed by atoms with van der Waals surface area (Å²) in [5, 5.41) is 7.35. The highest BCUT2D eigenvalue weighted by molar-refractivity contribution is 6.33. The fourth-order valence-electron chi connectivity index (χ4n) is 4.10. The zero-order chi connectivity index (χ0) is 20.4. The maximum atomic E-state index is 12.5. The van der Waals surface area contributed by atoms with Crippen molar-refractivity contribution in [2.45, 2.75) is 51.6 Å². The van der Waals surface area contributed by atoms with E-state index < -0.39 is 0 Å². The van der Waals surface area contributed by atoms with Crippen LogP contribution in [-0.2, 0) is 16.0 Å². The van der Waals surface area contributed by atoms with Gasteiger partial charge in [0.2, 0.25) is 11.8 Å². The Bertz CT molecular complexity index is 893. The maximum Gasteiger partial charge on any atom is 0.224 e. The smallest absolute Gasteiger partial charge is 0.224 e. The van der Waals surface area contributed by atoms with E-state index in [9.17, 15) is 9.59 Å². The van der Waals surface area contributed by atoms with Crippen LogP contribution in [0.5, 0.6) is 0 Å². The van der Waals surface area contributed by atoms with Crippen molar-refractivity contribution in [1.29, 1.82) is 0 Å². The molecule has 1 fully saturated rings. The molecule has 1 saturated heterocycles. The number of aryl methyl sites for hydroxylation is 2. The third-order valence-corrected chi connectivity index (χ3v) is 6.45. The first-order valence-electron chi connectivity index (χ1n) is 9.66. The number of likely N-dealkylation sites (tertiary alicyclic amines) is 1. The molecule has 3 rings (SSSR count). The molecule has 152 valence electrons. The first-order valence-corrected chi connectivity index (χ1v) is 10.0. The van der Waals surface area contributed by atoms with Gasteiger partial charge in [0, 0.05) is 48.1 Å². The van der Waals surface area contributed by atoms with Crippen LogP contribution < -0.4 is 10.6 Å². The Morgan fingerprint density at radius 1 is 1.25 bits per heavy atom. The Morgan fingerprint density at radius 2 is 1.96 bits per heavy atom. The normalized spacial score (nSPS) is 19.9. The SMILES string of the molecule is CNC(=O)C[C@H]1CC[C@@H](CNC(=O)Cc2coc3cc(C)c(Cl)c(C)c23)N1C. The predicted octanol–water partition coefficient (Wildman–Crippen LogP) is 2.96. The number of amides is 2. The molecule has 0 unspecified atom stereocenters. The van der Waals surface area contributed by atoms with Crippen molar-refractivity contribution >= 4 is 34.4 Å². The van der Waals surface area contributed by atoms with Crippen LogP contribution in [0.4, 0.5) is 0 Å². The predicted molar refractivity (Wildman–Crippen MR) is 111 cm³/mol. The lowest BCUT2D eigenvalue weighted by molar-refractivity contribution is -0.122. The number of halogens is 1. The van der Waals surface area contributed by atoms with E-state index in [1.54, 1.807) is 13.3 Å². The second-order valence-electron chi connectivity index (χ2n) is 7.68. The van der Waals surface area contributed by atoms with E-state index in [0.29, 0.717) is 18.0 Å². The van der Waals surface area contributed by atoms with Crippen LogP contribution >= 0.6 is 11.6 Å². The van der Waals surface area contributed by atoms with Crippen LogP contribution in [0.1, 0.15) is 36.0 Å². The molecule has 7 heteroatoms. The summed E-state index contributed by atoms with van der Waals surface area (Å²) < 4.78 is 5.64. The Kier molecular flexibility index (Phi) is 6.30. The first-order chi connectivity index (χ1) is 13.3. The van der Waals surface area contributed by atoms with Gasteiger partial charge in [-0.05, 0) is 50.9 Å². The highest BCUT2D eigenvalue weighted by Crippen LogP contribution is 2.32. The van der Waals surface area contributed by atoms with Crippen LogP contribution in [0.3, 0.4) is 0 Å². The summed E-state index contributed by atoms with van der Waals surface area (Å²) in [5.74, 6) is 0.0135. The number of nitrogens with one attached hydrogen (secondary N) is 2. The van der Waals surface area contributed by atoms with Gasteiger partial charge in [0.15, 0.2) is 0 Å². The summed E-state index contributed by atoms with van der Waals surface area (Å²) in [6, 6.07) is 2.39. The molecule has 6 nitrogen and oxygen atoms in total. The van der Waals surface area contributed by atoms with E-state index in [-0.39, 0.29) is 30.3 Å². The summed E-state index contributed by atoms with van der Waals surface area (Å²) in [4.78, 5) is 26.3. The molecular weight excluding hydrogens is 378 g/mol. The van der Waals surface area contributed by atoms with Crippen LogP contribution in [0.15, 0.2) is 16.7 Å². The molecule has 0 bridgehead atoms. The monoisotopic (exact) mass is 405 g/mol. The maximum absolute atomic E-state index is 12.5. The van der Waals surface area contributed by atoms with E-state index in [0.717, 1.165) is 40.5 Å². The number of rotatable bonds is 6. The fourth-order valence-corrected chi connectivity index (χ4v) is 4.25. The number of hydrogen-bond acceptors (Lipinski definition) is 4. The van der Waals surface area contributed by atoms with Crippen molar-refractivity contribution < 1.29 is 14.0 Å². The van der Waals surface area contributed by atoms with Crippen molar-refractivity contribution in [3.63, 3.8) is 0 Å². The molecule has 2 N–H and O–H groups in total. The zero-order valence-electron chi connectivity index (χ0n) is 16.9. The Hall–Kier alpha value is -2.05. The van der Waals surface area contributed by atoms with E-state index in [1.165, 1.54) is 0 Å². The molecule has 2 aromatic rings. The van der Waals surface area contributed by atoms with E-state index in [1.807, 2.05) is 27.0 Å². The number of furan rings is 1. The minimum absolute atomic E-state index is 0.0399. The van der Waals surface area contributed by atoms with Crippen molar-refractivity contribution in [2.75, 3.05) is 20.6 Å². The third-order valence-electron chi connectivity index (χ3n) is 5.86. The number of fused-ring (bicyclic) bond motifs is 1. The second kappa shape index (κ2) is 8.53. The minimum atomic E-state index is -0.0399. The number of carbonyl (C=O) groups is 2. The van der Waals surface area contributed by atoms with Crippen molar-refractivity contribution in [1.82, 2.24) is 15.5 Å². The van der Waals surface area contributed by atoms with Crippen LogP contribution in [0.2, 0.25) is 5.02 Å². The van der Waals surface area contributed by atoms with Crippen LogP contribution in [-0.4, -0.2) is 49.4 Å². The highest BCUT2D eigenvalue weighted by Gasteiger charge is 2.31. The summed E-state index contributed by atoms with van der Waals surface area (Å²) in [5.41, 5.74) is 3.52.